The largest absolute Gasteiger partial charge is 0.416 e. The minimum absolute atomic E-state index is 0.180. The molecule has 25 heavy (non-hydrogen) atoms. The van der Waals surface area contributed by atoms with Crippen LogP contribution in [0.3, 0.4) is 0 Å². The first-order valence-corrected chi connectivity index (χ1v) is 9.59. The lowest BCUT2D eigenvalue weighted by atomic mass is 9.97. The van der Waals surface area contributed by atoms with Gasteiger partial charge in [0.2, 0.25) is 10.0 Å². The van der Waals surface area contributed by atoms with E-state index in [0.29, 0.717) is 12.7 Å². The number of ether oxygens (including phenoxy) is 1. The average molecular weight is 380 g/mol. The highest BCUT2D eigenvalue weighted by Crippen LogP contribution is 2.30. The van der Waals surface area contributed by atoms with Gasteiger partial charge in [0.25, 0.3) is 0 Å². The third-order valence-corrected chi connectivity index (χ3v) is 5.77. The Labute approximate surface area is 146 Å². The second kappa shape index (κ2) is 8.48. The molecule has 0 aliphatic carbocycles. The zero-order valence-electron chi connectivity index (χ0n) is 14.1. The fraction of sp³-hybridized carbons (Fsp3) is 0.625. The van der Waals surface area contributed by atoms with E-state index in [-0.39, 0.29) is 17.4 Å². The lowest BCUT2D eigenvalue weighted by Gasteiger charge is -2.31. The van der Waals surface area contributed by atoms with Gasteiger partial charge in [0, 0.05) is 20.2 Å². The maximum atomic E-state index is 12.7. The predicted molar refractivity (Wildman–Crippen MR) is 87.7 cm³/mol. The molecule has 2 rings (SSSR count). The number of hydrogen-bond donors (Lipinski definition) is 1. The number of methoxy groups -OCH3 is 1. The van der Waals surface area contributed by atoms with Crippen LogP contribution in [-0.4, -0.2) is 53.2 Å². The number of hydrogen-bond acceptors (Lipinski definition) is 4. The van der Waals surface area contributed by atoms with Crippen molar-refractivity contribution in [2.24, 2.45) is 5.92 Å². The predicted octanol–water partition coefficient (Wildman–Crippen LogP) is 2.34. The van der Waals surface area contributed by atoms with E-state index in [1.807, 2.05) is 0 Å². The summed E-state index contributed by atoms with van der Waals surface area (Å²) in [5.74, 6) is 0.180. The number of piperidine rings is 1. The summed E-state index contributed by atoms with van der Waals surface area (Å²) in [7, 11) is -2.31. The molecule has 0 amide bonds. The van der Waals surface area contributed by atoms with Crippen LogP contribution >= 0.6 is 0 Å². The number of nitrogens with one attached hydrogen (secondary N) is 1. The van der Waals surface area contributed by atoms with E-state index in [9.17, 15) is 21.6 Å². The van der Waals surface area contributed by atoms with Crippen LogP contribution in [0.1, 0.15) is 18.4 Å². The smallest absolute Gasteiger partial charge is 0.383 e. The Hall–Kier alpha value is -1.16. The van der Waals surface area contributed by atoms with Crippen molar-refractivity contribution < 1.29 is 26.3 Å². The molecule has 0 radical (unpaired) electrons. The van der Waals surface area contributed by atoms with Gasteiger partial charge in [-0.3, -0.25) is 0 Å². The first-order valence-electron chi connectivity index (χ1n) is 8.10. The Morgan fingerprint density at radius 3 is 2.56 bits per heavy atom. The van der Waals surface area contributed by atoms with Gasteiger partial charge in [0.15, 0.2) is 0 Å². The lowest BCUT2D eigenvalue weighted by molar-refractivity contribution is -0.137. The minimum atomic E-state index is -4.57. The molecule has 1 aromatic rings. The Morgan fingerprint density at radius 2 is 1.96 bits per heavy atom. The first-order chi connectivity index (χ1) is 11.7. The Morgan fingerprint density at radius 1 is 1.28 bits per heavy atom. The van der Waals surface area contributed by atoms with Gasteiger partial charge in [-0.1, -0.05) is 6.07 Å². The van der Waals surface area contributed by atoms with E-state index in [0.717, 1.165) is 44.6 Å². The SMILES string of the molecule is COCCN1CCC(CNS(=O)(=O)c2cccc(C(F)(F)F)c2)CC1. The number of benzene rings is 1. The molecule has 1 fully saturated rings. The van der Waals surface area contributed by atoms with Crippen LogP contribution < -0.4 is 4.72 Å². The molecule has 142 valence electrons. The van der Waals surface area contributed by atoms with Crippen molar-refractivity contribution in [1.29, 1.82) is 0 Å². The molecule has 1 N–H and O–H groups in total. The molecule has 5 nitrogen and oxygen atoms in total. The summed E-state index contributed by atoms with van der Waals surface area (Å²) in [5, 5.41) is 0. The van der Waals surface area contributed by atoms with Crippen LogP contribution in [-0.2, 0) is 20.9 Å². The fourth-order valence-electron chi connectivity index (χ4n) is 2.79. The molecule has 1 heterocycles. The Bertz CT molecular complexity index is 657. The topological polar surface area (TPSA) is 58.6 Å². The van der Waals surface area contributed by atoms with Gasteiger partial charge in [0.05, 0.1) is 17.1 Å². The van der Waals surface area contributed by atoms with Gasteiger partial charge in [-0.25, -0.2) is 13.1 Å². The molecule has 9 heteroatoms. The minimum Gasteiger partial charge on any atom is -0.383 e. The molecule has 0 spiro atoms. The number of alkyl halides is 3. The van der Waals surface area contributed by atoms with Crippen molar-refractivity contribution >= 4 is 10.0 Å². The summed E-state index contributed by atoms with van der Waals surface area (Å²) >= 11 is 0. The molecule has 1 aliphatic rings. The van der Waals surface area contributed by atoms with E-state index >= 15 is 0 Å². The van der Waals surface area contributed by atoms with E-state index in [1.165, 1.54) is 6.07 Å². The van der Waals surface area contributed by atoms with Crippen LogP contribution in [0.25, 0.3) is 0 Å². The molecule has 0 unspecified atom stereocenters. The molecule has 1 aromatic carbocycles. The first kappa shape index (κ1) is 20.2. The van der Waals surface area contributed by atoms with Crippen molar-refractivity contribution in [3.05, 3.63) is 29.8 Å². The van der Waals surface area contributed by atoms with E-state index in [2.05, 4.69) is 9.62 Å². The van der Waals surface area contributed by atoms with Gasteiger partial charge >= 0.3 is 6.18 Å². The number of rotatable bonds is 7. The van der Waals surface area contributed by atoms with E-state index in [4.69, 9.17) is 4.74 Å². The van der Waals surface area contributed by atoms with E-state index in [1.54, 1.807) is 7.11 Å². The number of nitrogens with zero attached hydrogens (tertiary/aromatic N) is 1. The molecule has 0 bridgehead atoms. The second-order valence-electron chi connectivity index (χ2n) is 6.16. The van der Waals surface area contributed by atoms with Gasteiger partial charge in [-0.2, -0.15) is 13.2 Å². The van der Waals surface area contributed by atoms with Gasteiger partial charge in [-0.15, -0.1) is 0 Å². The molecule has 0 saturated carbocycles. The standard InChI is InChI=1S/C16H23F3N2O3S/c1-24-10-9-21-7-5-13(6-8-21)12-20-25(22,23)15-4-2-3-14(11-15)16(17,18)19/h2-4,11,13,20H,5-10,12H2,1H3. The average Bonchev–Trinajstić information content (AvgIpc) is 2.58. The van der Waals surface area contributed by atoms with Crippen LogP contribution in [0.15, 0.2) is 29.2 Å². The number of halogens is 3. The highest BCUT2D eigenvalue weighted by molar-refractivity contribution is 7.89. The van der Waals surface area contributed by atoms with Gasteiger partial charge in [-0.05, 0) is 50.0 Å². The zero-order chi connectivity index (χ0) is 18.5. The zero-order valence-corrected chi connectivity index (χ0v) is 14.9. The summed E-state index contributed by atoms with van der Waals surface area (Å²) < 4.78 is 70.2. The van der Waals surface area contributed by atoms with Crippen LogP contribution in [0.2, 0.25) is 0 Å². The van der Waals surface area contributed by atoms with Gasteiger partial charge in [0.1, 0.15) is 0 Å². The summed E-state index contributed by atoms with van der Waals surface area (Å²) in [6.45, 7) is 3.46. The maximum absolute atomic E-state index is 12.7. The van der Waals surface area contributed by atoms with E-state index < -0.39 is 21.8 Å². The fourth-order valence-corrected chi connectivity index (χ4v) is 3.95. The van der Waals surface area contributed by atoms with Crippen LogP contribution in [0, 0.1) is 5.92 Å². The monoisotopic (exact) mass is 380 g/mol. The summed E-state index contributed by atoms with van der Waals surface area (Å²) in [6.07, 6.45) is -2.88. The van der Waals surface area contributed by atoms with Crippen LogP contribution in [0.4, 0.5) is 13.2 Å². The van der Waals surface area contributed by atoms with Crippen molar-refractivity contribution in [2.75, 3.05) is 39.9 Å². The van der Waals surface area contributed by atoms with Crippen molar-refractivity contribution in [2.45, 2.75) is 23.9 Å². The third kappa shape index (κ3) is 5.95. The lowest BCUT2D eigenvalue weighted by Crippen LogP contribution is -2.39. The van der Waals surface area contributed by atoms with Gasteiger partial charge < -0.3 is 9.64 Å². The Balaban J connectivity index is 1.90. The quantitative estimate of drug-likeness (QED) is 0.789. The van der Waals surface area contributed by atoms with Crippen molar-refractivity contribution in [1.82, 2.24) is 9.62 Å². The molecule has 1 aliphatic heterocycles. The highest BCUT2D eigenvalue weighted by Gasteiger charge is 2.31. The summed E-state index contributed by atoms with van der Waals surface area (Å²) in [6, 6.07) is 3.79. The number of sulfonamides is 1. The molecule has 0 atom stereocenters. The number of likely N-dealkylation sites (tertiary alicyclic amines) is 1. The summed E-state index contributed by atoms with van der Waals surface area (Å²) in [4.78, 5) is 1.89. The molecular formula is C16H23F3N2O3S. The highest BCUT2D eigenvalue weighted by atomic mass is 32.2. The van der Waals surface area contributed by atoms with Crippen molar-refractivity contribution in [3.8, 4) is 0 Å². The second-order valence-corrected chi connectivity index (χ2v) is 7.92. The van der Waals surface area contributed by atoms with Crippen molar-refractivity contribution in [3.63, 3.8) is 0 Å². The van der Waals surface area contributed by atoms with Crippen LogP contribution in [0.5, 0.6) is 0 Å². The summed E-state index contributed by atoms with van der Waals surface area (Å²) in [5.41, 5.74) is -0.971. The maximum Gasteiger partial charge on any atom is 0.416 e. The molecule has 1 saturated heterocycles. The molecule has 0 aromatic heterocycles. The third-order valence-electron chi connectivity index (χ3n) is 4.35. The Kier molecular flexibility index (Phi) is 6.84. The molecular weight excluding hydrogens is 357 g/mol. The normalized spacial score (nSPS) is 17.8.